The number of halogens is 1. The van der Waals surface area contributed by atoms with E-state index in [2.05, 4.69) is 82.2 Å². The van der Waals surface area contributed by atoms with E-state index >= 15 is 0 Å². The van der Waals surface area contributed by atoms with Crippen LogP contribution in [0.1, 0.15) is 19.5 Å². The zero-order chi connectivity index (χ0) is 29.4. The molecule has 1 aliphatic rings. The summed E-state index contributed by atoms with van der Waals surface area (Å²) in [5.74, 6) is 1.71. The zero-order valence-electron chi connectivity index (χ0n) is 23.9. The number of fused-ring (bicyclic) bond motifs is 4. The molecule has 4 heterocycles. The number of aryl methyl sites for hydroxylation is 1. The molecule has 1 aliphatic heterocycles. The summed E-state index contributed by atoms with van der Waals surface area (Å²) in [6.45, 7) is 5.32. The third-order valence-electron chi connectivity index (χ3n) is 7.28. The van der Waals surface area contributed by atoms with E-state index in [-0.39, 0.29) is 0 Å². The SMILES string of the molecule is COc1cc2c(cc1Nc1ncc(Br)c(Nc3ccc4nccnc4c3NSC)n1)-c1cnn(C)c1CCN2C(C)C. The van der Waals surface area contributed by atoms with Crippen molar-refractivity contribution >= 4 is 73.4 Å². The standard InChI is InChI=1S/C29H31BrN10OS/c1-16(2)40-11-8-23-18(14-34-39(23)3)17-12-22(25(41-4)13-24(17)40)36-29-33-15-19(30)28(37-29)35-21-7-6-20-26(27(21)38-42-5)32-10-9-31-20/h6-7,9-10,12-16,38H,8,11H2,1-5H3,(H2,33,35,36,37). The van der Waals surface area contributed by atoms with Crippen LogP contribution in [-0.4, -0.2) is 55.7 Å². The van der Waals surface area contributed by atoms with Gasteiger partial charge in [0.15, 0.2) is 0 Å². The monoisotopic (exact) mass is 646 g/mol. The Morgan fingerprint density at radius 3 is 2.64 bits per heavy atom. The van der Waals surface area contributed by atoms with E-state index in [0.717, 1.165) is 57.9 Å². The number of methoxy groups -OCH3 is 1. The Bertz CT molecular complexity index is 1780. The van der Waals surface area contributed by atoms with Gasteiger partial charge in [-0.25, -0.2) is 4.98 Å². The summed E-state index contributed by atoms with van der Waals surface area (Å²) in [6.07, 6.45) is 9.90. The van der Waals surface area contributed by atoms with Crippen molar-refractivity contribution < 1.29 is 4.74 Å². The number of aromatic nitrogens is 6. The second-order valence-electron chi connectivity index (χ2n) is 10.1. The number of anilines is 6. The molecule has 42 heavy (non-hydrogen) atoms. The van der Waals surface area contributed by atoms with Crippen molar-refractivity contribution in [2.45, 2.75) is 26.3 Å². The van der Waals surface area contributed by atoms with Gasteiger partial charge in [0.2, 0.25) is 5.95 Å². The van der Waals surface area contributed by atoms with Crippen LogP contribution in [0.4, 0.5) is 34.5 Å². The molecule has 3 aromatic heterocycles. The summed E-state index contributed by atoms with van der Waals surface area (Å²) in [5, 5.41) is 11.4. The normalized spacial score (nSPS) is 12.6. The summed E-state index contributed by atoms with van der Waals surface area (Å²) >= 11 is 5.09. The smallest absolute Gasteiger partial charge is 0.229 e. The highest BCUT2D eigenvalue weighted by Crippen LogP contribution is 2.44. The minimum atomic E-state index is 0.324. The van der Waals surface area contributed by atoms with Crippen molar-refractivity contribution in [1.82, 2.24) is 29.7 Å². The average Bonchev–Trinajstić information content (AvgIpc) is 3.27. The van der Waals surface area contributed by atoms with Gasteiger partial charge in [-0.15, -0.1) is 0 Å². The van der Waals surface area contributed by atoms with E-state index in [1.807, 2.05) is 36.3 Å². The lowest BCUT2D eigenvalue weighted by molar-refractivity contribution is 0.416. The van der Waals surface area contributed by atoms with Crippen LogP contribution in [-0.2, 0) is 13.5 Å². The Labute approximate surface area is 256 Å². The molecule has 0 fully saturated rings. The molecule has 0 saturated heterocycles. The topological polar surface area (TPSA) is 118 Å². The second-order valence-corrected chi connectivity index (χ2v) is 11.6. The van der Waals surface area contributed by atoms with Gasteiger partial charge in [0.25, 0.3) is 0 Å². The molecule has 5 aromatic rings. The molecule has 0 spiro atoms. The molecule has 11 nitrogen and oxygen atoms in total. The first-order valence-corrected chi connectivity index (χ1v) is 15.5. The summed E-state index contributed by atoms with van der Waals surface area (Å²) < 4.78 is 11.9. The molecule has 0 radical (unpaired) electrons. The molecule has 2 aromatic carbocycles. The van der Waals surface area contributed by atoms with Gasteiger partial charge in [0.1, 0.15) is 17.1 Å². The van der Waals surface area contributed by atoms with Crippen LogP contribution in [0.3, 0.4) is 0 Å². The quantitative estimate of drug-likeness (QED) is 0.159. The maximum absolute atomic E-state index is 5.86. The van der Waals surface area contributed by atoms with Gasteiger partial charge in [-0.1, -0.05) is 11.9 Å². The first kappa shape index (κ1) is 28.0. The van der Waals surface area contributed by atoms with E-state index in [0.29, 0.717) is 28.0 Å². The molecular formula is C29H31BrN10OS. The summed E-state index contributed by atoms with van der Waals surface area (Å²) in [4.78, 5) is 20.7. The summed E-state index contributed by atoms with van der Waals surface area (Å²) in [5.41, 5.74) is 8.48. The largest absolute Gasteiger partial charge is 0.494 e. The van der Waals surface area contributed by atoms with Crippen molar-refractivity contribution in [2.75, 3.05) is 40.2 Å². The zero-order valence-corrected chi connectivity index (χ0v) is 26.3. The summed E-state index contributed by atoms with van der Waals surface area (Å²) in [6, 6.07) is 8.41. The Kier molecular flexibility index (Phi) is 7.78. The van der Waals surface area contributed by atoms with Gasteiger partial charge in [0, 0.05) is 79.5 Å². The van der Waals surface area contributed by atoms with Crippen molar-refractivity contribution in [1.29, 1.82) is 0 Å². The van der Waals surface area contributed by atoms with Crippen molar-refractivity contribution in [3.8, 4) is 16.9 Å². The van der Waals surface area contributed by atoms with Gasteiger partial charge in [-0.05, 0) is 48.0 Å². The minimum Gasteiger partial charge on any atom is -0.494 e. The van der Waals surface area contributed by atoms with Gasteiger partial charge in [0.05, 0.1) is 40.4 Å². The van der Waals surface area contributed by atoms with E-state index in [1.54, 1.807) is 25.7 Å². The number of nitrogens with zero attached hydrogens (tertiary/aromatic N) is 7. The van der Waals surface area contributed by atoms with Crippen molar-refractivity contribution in [2.24, 2.45) is 7.05 Å². The van der Waals surface area contributed by atoms with Crippen LogP contribution in [0, 0.1) is 0 Å². The number of nitrogens with one attached hydrogen (secondary N) is 3. The fourth-order valence-corrected chi connectivity index (χ4v) is 5.97. The number of hydrogen-bond acceptors (Lipinski definition) is 11. The van der Waals surface area contributed by atoms with E-state index in [4.69, 9.17) is 9.72 Å². The Morgan fingerprint density at radius 2 is 1.86 bits per heavy atom. The highest BCUT2D eigenvalue weighted by Gasteiger charge is 2.26. The van der Waals surface area contributed by atoms with Gasteiger partial charge < -0.3 is 25.0 Å². The molecule has 3 N–H and O–H groups in total. The first-order valence-electron chi connectivity index (χ1n) is 13.5. The Balaban J connectivity index is 1.38. The number of benzene rings is 2. The maximum Gasteiger partial charge on any atom is 0.229 e. The van der Waals surface area contributed by atoms with Gasteiger partial charge in [-0.2, -0.15) is 10.1 Å². The van der Waals surface area contributed by atoms with Gasteiger partial charge >= 0.3 is 0 Å². The highest BCUT2D eigenvalue weighted by atomic mass is 79.9. The lowest BCUT2D eigenvalue weighted by atomic mass is 10.0. The molecule has 0 saturated carbocycles. The van der Waals surface area contributed by atoms with Crippen LogP contribution >= 0.6 is 27.9 Å². The Morgan fingerprint density at radius 1 is 1.02 bits per heavy atom. The molecule has 216 valence electrons. The van der Waals surface area contributed by atoms with Crippen LogP contribution in [0.15, 0.2) is 53.5 Å². The van der Waals surface area contributed by atoms with Crippen LogP contribution in [0.25, 0.3) is 22.2 Å². The molecule has 6 rings (SSSR count). The lowest BCUT2D eigenvalue weighted by Crippen LogP contribution is -2.32. The minimum absolute atomic E-state index is 0.324. The number of hydrogen-bond donors (Lipinski definition) is 3. The molecule has 0 atom stereocenters. The number of ether oxygens (including phenoxy) is 1. The third-order valence-corrected chi connectivity index (χ3v) is 8.27. The molecule has 13 heteroatoms. The van der Waals surface area contributed by atoms with E-state index in [9.17, 15) is 0 Å². The third kappa shape index (κ3) is 5.18. The predicted octanol–water partition coefficient (Wildman–Crippen LogP) is 6.54. The maximum atomic E-state index is 5.86. The molecule has 0 unspecified atom stereocenters. The lowest BCUT2D eigenvalue weighted by Gasteiger charge is -2.30. The molecule has 0 bridgehead atoms. The average molecular weight is 648 g/mol. The second kappa shape index (κ2) is 11.6. The van der Waals surface area contributed by atoms with Gasteiger partial charge in [-0.3, -0.25) is 14.6 Å². The van der Waals surface area contributed by atoms with Crippen LogP contribution in [0.2, 0.25) is 0 Å². The molecular weight excluding hydrogens is 616 g/mol. The fraction of sp³-hybridized carbons (Fsp3) is 0.276. The highest BCUT2D eigenvalue weighted by molar-refractivity contribution is 9.10. The van der Waals surface area contributed by atoms with Crippen LogP contribution < -0.4 is 25.0 Å². The Hall–Kier alpha value is -4.10. The van der Waals surface area contributed by atoms with E-state index in [1.165, 1.54) is 17.6 Å². The molecule has 0 amide bonds. The van der Waals surface area contributed by atoms with Crippen LogP contribution in [0.5, 0.6) is 5.75 Å². The summed E-state index contributed by atoms with van der Waals surface area (Å²) in [7, 11) is 3.68. The fourth-order valence-electron chi connectivity index (χ4n) is 5.27. The first-order chi connectivity index (χ1) is 20.4. The van der Waals surface area contributed by atoms with Crippen molar-refractivity contribution in [3.63, 3.8) is 0 Å². The van der Waals surface area contributed by atoms with E-state index < -0.39 is 0 Å². The number of rotatable bonds is 8. The predicted molar refractivity (Wildman–Crippen MR) is 174 cm³/mol. The molecule has 0 aliphatic carbocycles. The van der Waals surface area contributed by atoms with Crippen molar-refractivity contribution in [3.05, 3.63) is 59.2 Å².